The first kappa shape index (κ1) is 16.1. The Balaban J connectivity index is 1.59. The van der Waals surface area contributed by atoms with E-state index in [0.717, 1.165) is 47.0 Å². The van der Waals surface area contributed by atoms with Gasteiger partial charge in [0.05, 0.1) is 10.7 Å². The van der Waals surface area contributed by atoms with E-state index in [1.165, 1.54) is 30.6 Å². The van der Waals surface area contributed by atoms with E-state index >= 15 is 0 Å². The second-order valence-corrected chi connectivity index (χ2v) is 7.24. The van der Waals surface area contributed by atoms with Crippen molar-refractivity contribution in [3.8, 4) is 0 Å². The highest BCUT2D eigenvalue weighted by Gasteiger charge is 2.20. The van der Waals surface area contributed by atoms with Crippen molar-refractivity contribution in [1.82, 2.24) is 15.3 Å². The van der Waals surface area contributed by atoms with E-state index in [-0.39, 0.29) is 5.91 Å². The van der Waals surface area contributed by atoms with Gasteiger partial charge in [-0.05, 0) is 38.3 Å². The Morgan fingerprint density at radius 1 is 1.26 bits per heavy atom. The normalized spacial score (nSPS) is 15.5. The van der Waals surface area contributed by atoms with Crippen LogP contribution in [0.4, 0.5) is 0 Å². The van der Waals surface area contributed by atoms with Crippen LogP contribution in [0.1, 0.15) is 58.2 Å². The minimum atomic E-state index is 0.0518. The molecule has 1 N–H and O–H groups in total. The van der Waals surface area contributed by atoms with Gasteiger partial charge in [0.25, 0.3) is 5.91 Å². The monoisotopic (exact) mass is 329 g/mol. The summed E-state index contributed by atoms with van der Waals surface area (Å²) in [5.74, 6) is 0.0518. The Labute approximate surface area is 141 Å². The summed E-state index contributed by atoms with van der Waals surface area (Å²) in [5, 5.41) is 4.20. The zero-order valence-corrected chi connectivity index (χ0v) is 14.4. The van der Waals surface area contributed by atoms with Gasteiger partial charge in [0.2, 0.25) is 0 Å². The third-order valence-corrected chi connectivity index (χ3v) is 5.52. The predicted octanol–water partition coefficient (Wildman–Crippen LogP) is 3.69. The van der Waals surface area contributed by atoms with Gasteiger partial charge < -0.3 is 5.32 Å². The Morgan fingerprint density at radius 2 is 2.09 bits per heavy atom. The molecule has 2 aromatic heterocycles. The van der Waals surface area contributed by atoms with Crippen molar-refractivity contribution in [3.63, 3.8) is 0 Å². The lowest BCUT2D eigenvalue weighted by atomic mass is 9.95. The van der Waals surface area contributed by atoms with Crippen LogP contribution < -0.4 is 5.32 Å². The number of thiazole rings is 1. The molecule has 0 radical (unpaired) electrons. The number of hydrogen-bond donors (Lipinski definition) is 1. The Bertz CT molecular complexity index is 648. The summed E-state index contributed by atoms with van der Waals surface area (Å²) in [6.45, 7) is 1.93. The maximum atomic E-state index is 12.5. The highest BCUT2D eigenvalue weighted by atomic mass is 32.1. The van der Waals surface area contributed by atoms with E-state index in [2.05, 4.69) is 15.3 Å². The molecule has 1 amide bonds. The summed E-state index contributed by atoms with van der Waals surface area (Å²) < 4.78 is 0. The molecule has 1 saturated carbocycles. The number of hydrogen-bond acceptors (Lipinski definition) is 4. The number of carbonyl (C=O) groups is 1. The maximum Gasteiger partial charge on any atom is 0.263 e. The van der Waals surface area contributed by atoms with Gasteiger partial charge in [-0.2, -0.15) is 0 Å². The Kier molecular flexibility index (Phi) is 5.39. The van der Waals surface area contributed by atoms with Gasteiger partial charge in [0.15, 0.2) is 0 Å². The fourth-order valence-electron chi connectivity index (χ4n) is 3.05. The van der Waals surface area contributed by atoms with Gasteiger partial charge in [-0.25, -0.2) is 4.98 Å². The number of rotatable bonds is 5. The largest absolute Gasteiger partial charge is 0.349 e. The van der Waals surface area contributed by atoms with Crippen LogP contribution in [0, 0.1) is 6.92 Å². The van der Waals surface area contributed by atoms with Crippen LogP contribution in [0.25, 0.3) is 0 Å². The molecule has 2 heterocycles. The molecule has 0 saturated heterocycles. The van der Waals surface area contributed by atoms with Crippen molar-refractivity contribution in [3.05, 3.63) is 45.7 Å². The summed E-state index contributed by atoms with van der Waals surface area (Å²) in [4.78, 5) is 22.1. The number of aromatic nitrogens is 2. The van der Waals surface area contributed by atoms with Crippen molar-refractivity contribution in [2.75, 3.05) is 0 Å². The number of pyridine rings is 1. The molecule has 3 rings (SSSR count). The first-order valence-corrected chi connectivity index (χ1v) is 9.21. The number of amides is 1. The van der Waals surface area contributed by atoms with E-state index in [0.29, 0.717) is 6.04 Å². The van der Waals surface area contributed by atoms with Gasteiger partial charge in [-0.3, -0.25) is 9.78 Å². The number of aryl methyl sites for hydroxylation is 3. The molecule has 0 bridgehead atoms. The molecular weight excluding hydrogens is 306 g/mol. The smallest absolute Gasteiger partial charge is 0.263 e. The molecule has 1 aliphatic rings. The quantitative estimate of drug-likeness (QED) is 0.910. The lowest BCUT2D eigenvalue weighted by Crippen LogP contribution is -2.36. The zero-order chi connectivity index (χ0) is 16.1. The fraction of sp³-hybridized carbons (Fsp3) is 0.500. The van der Waals surface area contributed by atoms with Gasteiger partial charge in [0, 0.05) is 24.4 Å². The van der Waals surface area contributed by atoms with Crippen LogP contribution in [0.2, 0.25) is 0 Å². The van der Waals surface area contributed by atoms with Gasteiger partial charge >= 0.3 is 0 Å². The minimum absolute atomic E-state index is 0.0518. The fourth-order valence-corrected chi connectivity index (χ4v) is 4.02. The van der Waals surface area contributed by atoms with Crippen LogP contribution in [-0.2, 0) is 12.8 Å². The summed E-state index contributed by atoms with van der Waals surface area (Å²) in [7, 11) is 0. The molecule has 0 aliphatic heterocycles. The van der Waals surface area contributed by atoms with E-state index < -0.39 is 0 Å². The molecule has 2 aromatic rings. The lowest BCUT2D eigenvalue weighted by Gasteiger charge is -2.22. The molecule has 122 valence electrons. The zero-order valence-electron chi connectivity index (χ0n) is 13.5. The maximum absolute atomic E-state index is 12.5. The van der Waals surface area contributed by atoms with Gasteiger partial charge in [0.1, 0.15) is 4.88 Å². The summed E-state index contributed by atoms with van der Waals surface area (Å²) in [5.41, 5.74) is 1.91. The molecule has 23 heavy (non-hydrogen) atoms. The van der Waals surface area contributed by atoms with E-state index in [1.807, 2.05) is 31.3 Å². The Morgan fingerprint density at radius 3 is 2.83 bits per heavy atom. The summed E-state index contributed by atoms with van der Waals surface area (Å²) >= 11 is 1.52. The second kappa shape index (κ2) is 7.68. The molecule has 0 aromatic carbocycles. The Hall–Kier alpha value is -1.75. The summed E-state index contributed by atoms with van der Waals surface area (Å²) in [6.07, 6.45) is 9.46. The molecule has 1 aliphatic carbocycles. The van der Waals surface area contributed by atoms with Crippen LogP contribution in [0.5, 0.6) is 0 Å². The first-order valence-electron chi connectivity index (χ1n) is 8.39. The van der Waals surface area contributed by atoms with Crippen molar-refractivity contribution < 1.29 is 4.79 Å². The van der Waals surface area contributed by atoms with Crippen molar-refractivity contribution in [2.24, 2.45) is 0 Å². The highest BCUT2D eigenvalue weighted by Crippen LogP contribution is 2.22. The second-order valence-electron chi connectivity index (χ2n) is 6.15. The van der Waals surface area contributed by atoms with Crippen molar-refractivity contribution in [1.29, 1.82) is 0 Å². The number of nitrogens with zero attached hydrogens (tertiary/aromatic N) is 2. The van der Waals surface area contributed by atoms with Crippen LogP contribution in [0.15, 0.2) is 24.4 Å². The molecule has 1 fully saturated rings. The summed E-state index contributed by atoms with van der Waals surface area (Å²) in [6, 6.07) is 6.29. The average Bonchev–Trinajstić information content (AvgIpc) is 2.96. The molecular formula is C18H23N3OS. The topological polar surface area (TPSA) is 54.9 Å². The standard InChI is InChI=1S/C18H23N3OS/c1-13-17(18(22)21-15-8-3-2-4-9-15)23-16(20-13)11-10-14-7-5-6-12-19-14/h5-7,12,15H,2-4,8-11H2,1H3,(H,21,22). The van der Waals surface area contributed by atoms with Crippen LogP contribution in [0.3, 0.4) is 0 Å². The van der Waals surface area contributed by atoms with E-state index in [9.17, 15) is 4.79 Å². The predicted molar refractivity (Wildman–Crippen MR) is 92.8 cm³/mol. The van der Waals surface area contributed by atoms with Gasteiger partial charge in [-0.1, -0.05) is 25.3 Å². The third-order valence-electron chi connectivity index (χ3n) is 4.31. The van der Waals surface area contributed by atoms with Crippen LogP contribution >= 0.6 is 11.3 Å². The molecule has 0 unspecified atom stereocenters. The van der Waals surface area contributed by atoms with Gasteiger partial charge in [-0.15, -0.1) is 11.3 Å². The number of carbonyl (C=O) groups excluding carboxylic acids is 1. The van der Waals surface area contributed by atoms with E-state index in [1.54, 1.807) is 0 Å². The first-order chi connectivity index (χ1) is 11.2. The lowest BCUT2D eigenvalue weighted by molar-refractivity contribution is 0.0931. The average molecular weight is 329 g/mol. The highest BCUT2D eigenvalue weighted by molar-refractivity contribution is 7.13. The van der Waals surface area contributed by atoms with E-state index in [4.69, 9.17) is 0 Å². The molecule has 5 heteroatoms. The minimum Gasteiger partial charge on any atom is -0.349 e. The molecule has 0 spiro atoms. The number of nitrogens with one attached hydrogen (secondary N) is 1. The van der Waals surface area contributed by atoms with Crippen molar-refractivity contribution >= 4 is 17.2 Å². The SMILES string of the molecule is Cc1nc(CCc2ccccn2)sc1C(=O)NC1CCCCC1. The van der Waals surface area contributed by atoms with Crippen molar-refractivity contribution in [2.45, 2.75) is 57.9 Å². The third kappa shape index (κ3) is 4.38. The molecule has 4 nitrogen and oxygen atoms in total. The molecule has 0 atom stereocenters. The van der Waals surface area contributed by atoms with Crippen LogP contribution in [-0.4, -0.2) is 21.9 Å².